The van der Waals surface area contributed by atoms with Crippen LogP contribution in [-0.2, 0) is 0 Å². The van der Waals surface area contributed by atoms with Gasteiger partial charge in [-0.05, 0) is 21.7 Å². The van der Waals surface area contributed by atoms with Crippen molar-refractivity contribution >= 4 is 11.8 Å². The zero-order valence-corrected chi connectivity index (χ0v) is 18.7. The Labute approximate surface area is 151 Å². The number of rotatable bonds is 2. The fourth-order valence-electron chi connectivity index (χ4n) is 1.13. The van der Waals surface area contributed by atoms with Crippen LogP contribution in [0, 0.1) is 16.2 Å². The molecule has 136 valence electrons. The molecule has 0 unspecified atom stereocenters. The van der Waals surface area contributed by atoms with E-state index in [-0.39, 0.29) is 0 Å². The SMILES string of the molecule is CC(C)(C)/C=C\C=C/C(C)(C)C.CC(C)(C)/C=C\SC(C)(C)C. The third kappa shape index (κ3) is 30.1. The van der Waals surface area contributed by atoms with Crippen LogP contribution in [-0.4, -0.2) is 4.75 Å². The molecule has 0 aliphatic heterocycles. The predicted molar refractivity (Wildman–Crippen MR) is 113 cm³/mol. The van der Waals surface area contributed by atoms with Gasteiger partial charge in [0, 0.05) is 4.75 Å². The molecule has 0 nitrogen and oxygen atoms in total. The monoisotopic (exact) mass is 338 g/mol. The highest BCUT2D eigenvalue weighted by Gasteiger charge is 2.09. The molecule has 0 aliphatic rings. The van der Waals surface area contributed by atoms with Crippen LogP contribution in [0.15, 0.2) is 35.8 Å². The molecule has 0 N–H and O–H groups in total. The minimum Gasteiger partial charge on any atom is -0.128 e. The minimum absolute atomic E-state index is 0.294. The average molecular weight is 339 g/mol. The third-order valence-electron chi connectivity index (χ3n) is 2.29. The lowest BCUT2D eigenvalue weighted by Crippen LogP contribution is -2.05. The molecule has 0 amide bonds. The first kappa shape index (κ1) is 24.8. The van der Waals surface area contributed by atoms with Gasteiger partial charge in [0.15, 0.2) is 0 Å². The molecule has 0 aromatic heterocycles. The Hall–Kier alpha value is -0.430. The van der Waals surface area contributed by atoms with E-state index < -0.39 is 0 Å². The summed E-state index contributed by atoms with van der Waals surface area (Å²) in [6.07, 6.45) is 10.9. The van der Waals surface area contributed by atoms with Gasteiger partial charge in [-0.25, -0.2) is 0 Å². The molecular formula is C22H42S. The Morgan fingerprint density at radius 1 is 0.478 bits per heavy atom. The maximum atomic E-state index is 2.25. The number of hydrogen-bond acceptors (Lipinski definition) is 1. The van der Waals surface area contributed by atoms with Gasteiger partial charge in [0.1, 0.15) is 0 Å². The van der Waals surface area contributed by atoms with Gasteiger partial charge in [0.2, 0.25) is 0 Å². The second-order valence-electron chi connectivity index (χ2n) is 10.3. The summed E-state index contributed by atoms with van der Waals surface area (Å²) in [6, 6.07) is 0. The van der Waals surface area contributed by atoms with E-state index in [4.69, 9.17) is 0 Å². The third-order valence-corrected chi connectivity index (χ3v) is 3.27. The van der Waals surface area contributed by atoms with Gasteiger partial charge in [-0.2, -0.15) is 0 Å². The second-order valence-corrected chi connectivity index (χ2v) is 12.1. The van der Waals surface area contributed by atoms with Gasteiger partial charge in [0.05, 0.1) is 0 Å². The van der Waals surface area contributed by atoms with Crippen molar-refractivity contribution in [1.82, 2.24) is 0 Å². The molecule has 23 heavy (non-hydrogen) atoms. The quantitative estimate of drug-likeness (QED) is 0.456. The first-order chi connectivity index (χ1) is 9.91. The Kier molecular flexibility index (Phi) is 10.5. The molecule has 0 atom stereocenters. The lowest BCUT2D eigenvalue weighted by Gasteiger charge is -2.16. The van der Waals surface area contributed by atoms with E-state index in [9.17, 15) is 0 Å². The topological polar surface area (TPSA) is 0 Å². The van der Waals surface area contributed by atoms with Gasteiger partial charge >= 0.3 is 0 Å². The molecule has 0 fully saturated rings. The van der Waals surface area contributed by atoms with Gasteiger partial charge in [-0.15, -0.1) is 11.8 Å². The second kappa shape index (κ2) is 9.77. The number of allylic oxidation sites excluding steroid dienone is 5. The molecule has 0 aromatic rings. The van der Waals surface area contributed by atoms with E-state index in [1.807, 2.05) is 11.8 Å². The summed E-state index contributed by atoms with van der Waals surface area (Å²) >= 11 is 1.88. The van der Waals surface area contributed by atoms with Crippen LogP contribution in [0.25, 0.3) is 0 Å². The normalized spacial score (nSPS) is 14.6. The molecule has 0 spiro atoms. The van der Waals surface area contributed by atoms with Gasteiger partial charge in [-0.3, -0.25) is 0 Å². The molecule has 0 rings (SSSR count). The molecule has 0 aromatic carbocycles. The lowest BCUT2D eigenvalue weighted by molar-refractivity contribution is 0.539. The first-order valence-electron chi connectivity index (χ1n) is 8.64. The highest BCUT2D eigenvalue weighted by Crippen LogP contribution is 2.26. The maximum absolute atomic E-state index is 2.25. The summed E-state index contributed by atoms with van der Waals surface area (Å²) in [4.78, 5) is 0. The molecule has 0 radical (unpaired) electrons. The van der Waals surface area contributed by atoms with Crippen molar-refractivity contribution in [2.24, 2.45) is 16.2 Å². The van der Waals surface area contributed by atoms with E-state index in [2.05, 4.69) is 119 Å². The number of hydrogen-bond donors (Lipinski definition) is 0. The Balaban J connectivity index is 0. The molecular weight excluding hydrogens is 296 g/mol. The van der Waals surface area contributed by atoms with Crippen LogP contribution in [0.3, 0.4) is 0 Å². The smallest absolute Gasteiger partial charge is 0.0116 e. The van der Waals surface area contributed by atoms with Crippen LogP contribution < -0.4 is 0 Å². The summed E-state index contributed by atoms with van der Waals surface area (Å²) in [7, 11) is 0. The fourth-order valence-corrected chi connectivity index (χ4v) is 2.02. The molecule has 1 heteroatoms. The Morgan fingerprint density at radius 2 is 0.783 bits per heavy atom. The molecule has 0 saturated carbocycles. The number of thioether (sulfide) groups is 1. The van der Waals surface area contributed by atoms with Crippen LogP contribution in [0.5, 0.6) is 0 Å². The van der Waals surface area contributed by atoms with Crippen molar-refractivity contribution in [3.05, 3.63) is 35.8 Å². The standard InChI is InChI=1S/C12H22.C10H20S/c1-11(2,3)9-7-8-10-12(4,5)6;1-9(2,3)7-8-11-10(4,5)6/h7-10H,1-6H3;7-8H,1-6H3/b9-7-,10-8-;8-7-. The van der Waals surface area contributed by atoms with Crippen molar-refractivity contribution in [3.8, 4) is 0 Å². The van der Waals surface area contributed by atoms with Crippen LogP contribution >= 0.6 is 11.8 Å². The lowest BCUT2D eigenvalue weighted by atomic mass is 9.94. The van der Waals surface area contributed by atoms with Crippen molar-refractivity contribution in [3.63, 3.8) is 0 Å². The highest BCUT2D eigenvalue weighted by atomic mass is 32.2. The summed E-state index contributed by atoms with van der Waals surface area (Å²) in [5, 5.41) is 2.21. The molecule has 0 aliphatic carbocycles. The maximum Gasteiger partial charge on any atom is 0.0116 e. The predicted octanol–water partition coefficient (Wildman–Crippen LogP) is 8.27. The Morgan fingerprint density at radius 3 is 1.00 bits per heavy atom. The van der Waals surface area contributed by atoms with Crippen molar-refractivity contribution < 1.29 is 0 Å². The average Bonchev–Trinajstić information content (AvgIpc) is 2.19. The van der Waals surface area contributed by atoms with E-state index >= 15 is 0 Å². The van der Waals surface area contributed by atoms with Crippen molar-refractivity contribution in [1.29, 1.82) is 0 Å². The van der Waals surface area contributed by atoms with E-state index in [0.717, 1.165) is 0 Å². The minimum atomic E-state index is 0.294. The van der Waals surface area contributed by atoms with Gasteiger partial charge in [0.25, 0.3) is 0 Å². The first-order valence-corrected chi connectivity index (χ1v) is 9.52. The highest BCUT2D eigenvalue weighted by molar-refractivity contribution is 8.03. The summed E-state index contributed by atoms with van der Waals surface area (Å²) in [5.74, 6) is 0. The van der Waals surface area contributed by atoms with E-state index in [1.54, 1.807) is 0 Å². The fraction of sp³-hybridized carbons (Fsp3) is 0.727. The van der Waals surface area contributed by atoms with Gasteiger partial charge in [-0.1, -0.05) is 113 Å². The van der Waals surface area contributed by atoms with Crippen LogP contribution in [0.4, 0.5) is 0 Å². The molecule has 0 heterocycles. The van der Waals surface area contributed by atoms with Crippen LogP contribution in [0.1, 0.15) is 83.1 Å². The zero-order valence-electron chi connectivity index (χ0n) is 17.9. The van der Waals surface area contributed by atoms with Crippen LogP contribution in [0.2, 0.25) is 0 Å². The Bertz CT molecular complexity index is 360. The summed E-state index contributed by atoms with van der Waals surface area (Å²) < 4.78 is 0.349. The van der Waals surface area contributed by atoms with E-state index in [1.165, 1.54) is 0 Å². The molecule has 0 bridgehead atoms. The summed E-state index contributed by atoms with van der Waals surface area (Å²) in [5.41, 5.74) is 0.905. The zero-order chi connectivity index (χ0) is 18.9. The van der Waals surface area contributed by atoms with Crippen molar-refractivity contribution in [2.75, 3.05) is 0 Å². The largest absolute Gasteiger partial charge is 0.128 e. The van der Waals surface area contributed by atoms with Gasteiger partial charge < -0.3 is 0 Å². The molecule has 0 saturated heterocycles. The van der Waals surface area contributed by atoms with Crippen molar-refractivity contribution in [2.45, 2.75) is 87.8 Å². The van der Waals surface area contributed by atoms with E-state index in [0.29, 0.717) is 21.0 Å². The summed E-state index contributed by atoms with van der Waals surface area (Å²) in [6.45, 7) is 26.5.